The summed E-state index contributed by atoms with van der Waals surface area (Å²) in [6.45, 7) is 12.7. The summed E-state index contributed by atoms with van der Waals surface area (Å²) in [5.41, 5.74) is 10.5. The van der Waals surface area contributed by atoms with Crippen molar-refractivity contribution in [3.8, 4) is 5.69 Å². The van der Waals surface area contributed by atoms with Crippen molar-refractivity contribution in [2.45, 2.75) is 40.2 Å². The molecule has 6 aromatic rings. The Labute approximate surface area is 321 Å². The molecule has 6 rings (SSSR count). The second-order valence-electron chi connectivity index (χ2n) is 12.8. The maximum absolute atomic E-state index is 3.87. The molecule has 4 heteroatoms. The van der Waals surface area contributed by atoms with Gasteiger partial charge in [-0.05, 0) is 104 Å². The van der Waals surface area contributed by atoms with E-state index in [0.717, 1.165) is 29.2 Å². The van der Waals surface area contributed by atoms with E-state index in [1.807, 2.05) is 12.2 Å². The summed E-state index contributed by atoms with van der Waals surface area (Å²) in [5.74, 6) is 0. The number of rotatable bonds is 12. The van der Waals surface area contributed by atoms with Crippen molar-refractivity contribution in [1.82, 2.24) is 4.57 Å². The molecule has 1 aromatic heterocycles. The summed E-state index contributed by atoms with van der Waals surface area (Å²) < 4.78 is 2.38. The first-order valence-electron chi connectivity index (χ1n) is 17.5. The Morgan fingerprint density at radius 1 is 0.765 bits per heavy atom. The second-order valence-corrected chi connectivity index (χ2v) is 12.8. The lowest BCUT2D eigenvalue weighted by atomic mass is 10.0. The van der Waals surface area contributed by atoms with Crippen LogP contribution in [-0.2, 0) is 0 Å². The summed E-state index contributed by atoms with van der Waals surface area (Å²) in [5, 5.41) is 3.70. The molecule has 0 saturated carbocycles. The van der Waals surface area contributed by atoms with Crippen molar-refractivity contribution in [2.24, 2.45) is 0 Å². The number of para-hydroxylation sites is 2. The largest absolute Gasteiger partial charge is 0.370 e. The highest BCUT2D eigenvalue weighted by molar-refractivity contribution is 14.0. The molecule has 1 unspecified atom stereocenters. The maximum Gasteiger partial charge on any atom is 0.0705 e. The van der Waals surface area contributed by atoms with Crippen molar-refractivity contribution in [1.29, 1.82) is 0 Å². The molecule has 0 saturated heterocycles. The van der Waals surface area contributed by atoms with Crippen LogP contribution in [0.15, 0.2) is 164 Å². The fourth-order valence-electron chi connectivity index (χ4n) is 6.59. The van der Waals surface area contributed by atoms with Crippen LogP contribution in [0.3, 0.4) is 0 Å². The summed E-state index contributed by atoms with van der Waals surface area (Å²) in [4.78, 5) is 4.76. The standard InChI is InChI=1S/C47H47N3.HI/c1-7-9-21-39-33-42(31-29-35(39)3)49(43-32-30-38-22-16-17-23-40(38)34-43)37(5)20-12-10-15-28-46-47(48(6)36(4)8-2)44-26-18-19-27-45(44)50(46)41-24-13-11-14-25-41;/h7,9-34,36H,1,8H2,2-6H3;1H/b12-10+,21-9-,28-15+,37-20+;. The lowest BCUT2D eigenvalue weighted by Gasteiger charge is -2.27. The monoisotopic (exact) mass is 781 g/mol. The van der Waals surface area contributed by atoms with E-state index >= 15 is 0 Å². The first-order chi connectivity index (χ1) is 24.4. The van der Waals surface area contributed by atoms with Gasteiger partial charge < -0.3 is 14.4 Å². The molecule has 5 aromatic carbocycles. The molecular weight excluding hydrogens is 733 g/mol. The number of hydrogen-bond donors (Lipinski definition) is 0. The zero-order valence-electron chi connectivity index (χ0n) is 30.3. The summed E-state index contributed by atoms with van der Waals surface area (Å²) >= 11 is 0. The van der Waals surface area contributed by atoms with Gasteiger partial charge in [0.2, 0.25) is 0 Å². The molecule has 0 aliphatic carbocycles. The molecule has 51 heavy (non-hydrogen) atoms. The minimum Gasteiger partial charge on any atom is -0.370 e. The van der Waals surface area contributed by atoms with Crippen LogP contribution in [0.5, 0.6) is 0 Å². The molecule has 0 bridgehead atoms. The average Bonchev–Trinajstić information content (AvgIpc) is 3.48. The normalized spacial score (nSPS) is 12.6. The Bertz CT molecular complexity index is 2240. The van der Waals surface area contributed by atoms with Gasteiger partial charge in [-0.3, -0.25) is 0 Å². The van der Waals surface area contributed by atoms with E-state index in [-0.39, 0.29) is 24.0 Å². The quantitative estimate of drug-likeness (QED) is 0.0905. The van der Waals surface area contributed by atoms with E-state index in [1.54, 1.807) is 0 Å². The van der Waals surface area contributed by atoms with Crippen LogP contribution in [0.25, 0.3) is 39.5 Å². The lowest BCUT2D eigenvalue weighted by Crippen LogP contribution is -2.28. The van der Waals surface area contributed by atoms with Crippen LogP contribution < -0.4 is 9.80 Å². The Kier molecular flexibility index (Phi) is 12.6. The highest BCUT2D eigenvalue weighted by Gasteiger charge is 2.21. The molecule has 1 heterocycles. The third-order valence-electron chi connectivity index (χ3n) is 9.59. The number of aromatic nitrogens is 1. The van der Waals surface area contributed by atoms with Gasteiger partial charge in [0, 0.05) is 41.2 Å². The smallest absolute Gasteiger partial charge is 0.0705 e. The second kappa shape index (κ2) is 17.2. The lowest BCUT2D eigenvalue weighted by molar-refractivity contribution is 0.664. The molecule has 3 nitrogen and oxygen atoms in total. The number of allylic oxidation sites excluding steroid dienone is 7. The van der Waals surface area contributed by atoms with E-state index in [2.05, 4.69) is 207 Å². The molecule has 258 valence electrons. The van der Waals surface area contributed by atoms with Gasteiger partial charge in [0.05, 0.1) is 16.9 Å². The molecular formula is C47H48IN3. The number of aryl methyl sites for hydroxylation is 1. The number of anilines is 3. The molecule has 0 amide bonds. The number of fused-ring (bicyclic) bond motifs is 2. The van der Waals surface area contributed by atoms with E-state index in [9.17, 15) is 0 Å². The Balaban J connectivity index is 0.00000504. The first-order valence-corrected chi connectivity index (χ1v) is 17.5. The molecule has 0 aliphatic rings. The van der Waals surface area contributed by atoms with Crippen LogP contribution >= 0.6 is 24.0 Å². The van der Waals surface area contributed by atoms with Crippen molar-refractivity contribution in [3.63, 3.8) is 0 Å². The average molecular weight is 782 g/mol. The zero-order chi connectivity index (χ0) is 35.0. The van der Waals surface area contributed by atoms with E-state index in [1.165, 1.54) is 44.2 Å². The van der Waals surface area contributed by atoms with Gasteiger partial charge in [-0.1, -0.05) is 123 Å². The molecule has 0 aliphatic heterocycles. The van der Waals surface area contributed by atoms with Gasteiger partial charge in [0.25, 0.3) is 0 Å². The van der Waals surface area contributed by atoms with Crippen molar-refractivity contribution >= 4 is 74.9 Å². The Morgan fingerprint density at radius 3 is 2.22 bits per heavy atom. The third-order valence-corrected chi connectivity index (χ3v) is 9.59. The Hall–Kier alpha value is -5.07. The van der Waals surface area contributed by atoms with Crippen LogP contribution in [0.4, 0.5) is 17.1 Å². The van der Waals surface area contributed by atoms with Gasteiger partial charge in [-0.2, -0.15) is 0 Å². The van der Waals surface area contributed by atoms with Gasteiger partial charge in [-0.15, -0.1) is 24.0 Å². The van der Waals surface area contributed by atoms with Crippen LogP contribution in [-0.4, -0.2) is 17.7 Å². The van der Waals surface area contributed by atoms with E-state index in [0.29, 0.717) is 6.04 Å². The maximum atomic E-state index is 3.87. The predicted molar refractivity (Wildman–Crippen MR) is 235 cm³/mol. The van der Waals surface area contributed by atoms with Gasteiger partial charge in [-0.25, -0.2) is 0 Å². The highest BCUT2D eigenvalue weighted by atomic mass is 127. The van der Waals surface area contributed by atoms with Crippen molar-refractivity contribution in [2.75, 3.05) is 16.8 Å². The first kappa shape index (κ1) is 37.2. The van der Waals surface area contributed by atoms with Gasteiger partial charge >= 0.3 is 0 Å². The van der Waals surface area contributed by atoms with Crippen LogP contribution in [0, 0.1) is 6.92 Å². The summed E-state index contributed by atoms with van der Waals surface area (Å²) in [6, 6.07) is 41.6. The number of hydrogen-bond acceptors (Lipinski definition) is 2. The highest BCUT2D eigenvalue weighted by Crippen LogP contribution is 2.38. The predicted octanol–water partition coefficient (Wildman–Crippen LogP) is 13.5. The van der Waals surface area contributed by atoms with Gasteiger partial charge in [0.15, 0.2) is 0 Å². The topological polar surface area (TPSA) is 11.4 Å². The molecule has 0 spiro atoms. The minimum atomic E-state index is 0. The summed E-state index contributed by atoms with van der Waals surface area (Å²) in [6.07, 6.45) is 17.9. The molecule has 1 atom stereocenters. The summed E-state index contributed by atoms with van der Waals surface area (Å²) in [7, 11) is 2.22. The zero-order valence-corrected chi connectivity index (χ0v) is 32.7. The van der Waals surface area contributed by atoms with E-state index in [4.69, 9.17) is 0 Å². The fraction of sp³-hybridized carbons (Fsp3) is 0.149. The van der Waals surface area contributed by atoms with Crippen molar-refractivity contribution < 1.29 is 0 Å². The van der Waals surface area contributed by atoms with E-state index < -0.39 is 0 Å². The minimum absolute atomic E-state index is 0. The number of nitrogens with zero attached hydrogens (tertiary/aromatic N) is 3. The Morgan fingerprint density at radius 2 is 1.45 bits per heavy atom. The van der Waals surface area contributed by atoms with Crippen molar-refractivity contribution in [3.05, 3.63) is 181 Å². The molecule has 0 fully saturated rings. The SMILES string of the molecule is C=C/C=C\c1cc(N(/C(C)=C/C=C/C=C/c2c(N(C)C(C)CC)c3ccccc3n2-c2ccccc2)c2ccc3ccccc3c2)ccc1C.I. The number of halogens is 1. The fourth-order valence-corrected chi connectivity index (χ4v) is 6.59. The van der Waals surface area contributed by atoms with Crippen LogP contribution in [0.2, 0.25) is 0 Å². The number of benzene rings is 5. The third kappa shape index (κ3) is 8.13. The van der Waals surface area contributed by atoms with Gasteiger partial charge in [0.1, 0.15) is 0 Å². The molecule has 0 N–H and O–H groups in total. The van der Waals surface area contributed by atoms with Crippen LogP contribution in [0.1, 0.15) is 44.0 Å². The molecule has 0 radical (unpaired) electrons.